The molecule has 0 atom stereocenters. The molecule has 6 heteroatoms. The summed E-state index contributed by atoms with van der Waals surface area (Å²) in [7, 11) is 0. The van der Waals surface area contributed by atoms with Gasteiger partial charge in [0.25, 0.3) is 0 Å². The Labute approximate surface area is 343 Å². The van der Waals surface area contributed by atoms with Gasteiger partial charge >= 0.3 is 0 Å². The van der Waals surface area contributed by atoms with Crippen LogP contribution in [-0.4, -0.2) is 20.9 Å². The SMILES string of the molecule is CC(C)c1cc(C(C)C)c(-c2nc3ccnc(-c4[c-]c5ccccc5c(C(C)(C)C)c4)c3s2)c(C(C)C)c1.CCC(CC)C(=O)/C=C(\O)C(CC)CC.[Ir]. The summed E-state index contributed by atoms with van der Waals surface area (Å²) in [6.45, 7) is 28.7. The van der Waals surface area contributed by atoms with E-state index in [2.05, 4.69) is 117 Å². The summed E-state index contributed by atoms with van der Waals surface area (Å²) in [4.78, 5) is 21.8. The van der Waals surface area contributed by atoms with Crippen LogP contribution in [0, 0.1) is 17.9 Å². The third-order valence-corrected chi connectivity index (χ3v) is 11.7. The molecule has 2 heterocycles. The van der Waals surface area contributed by atoms with Gasteiger partial charge in [-0.3, -0.25) is 9.78 Å². The van der Waals surface area contributed by atoms with Crippen molar-refractivity contribution in [3.05, 3.63) is 94.9 Å². The van der Waals surface area contributed by atoms with Crippen LogP contribution in [0.3, 0.4) is 0 Å². The number of benzene rings is 3. The van der Waals surface area contributed by atoms with Crippen LogP contribution in [0.4, 0.5) is 0 Å². The van der Waals surface area contributed by atoms with Crippen LogP contribution in [0.25, 0.3) is 42.8 Å². The molecular formula is C48H63IrN2O2S-. The fourth-order valence-electron chi connectivity index (χ4n) is 7.11. The minimum atomic E-state index is 0. The predicted molar refractivity (Wildman–Crippen MR) is 229 cm³/mol. The Hall–Kier alpha value is -3.18. The minimum absolute atomic E-state index is 0. The fraction of sp³-hybridized carbons (Fsp3) is 0.479. The molecule has 5 aromatic rings. The second kappa shape index (κ2) is 19.6. The first-order valence-electron chi connectivity index (χ1n) is 19.9. The van der Waals surface area contributed by atoms with Gasteiger partial charge in [0, 0.05) is 60.2 Å². The normalized spacial score (nSPS) is 12.3. The van der Waals surface area contributed by atoms with Crippen LogP contribution >= 0.6 is 11.3 Å². The number of nitrogens with zero attached hydrogens (tertiary/aromatic N) is 2. The van der Waals surface area contributed by atoms with E-state index in [1.54, 1.807) is 11.3 Å². The van der Waals surface area contributed by atoms with Crippen molar-refractivity contribution in [3.63, 3.8) is 0 Å². The standard InChI is InChI=1S/C35H39N2S.C13H24O2.Ir/c1-20(2)24-17-27(21(3)4)31(28(18-24)22(5)6)34-37-30-14-15-36-32(33(30)38-34)25-16-23-12-10-11-13-26(23)29(19-25)35(7,8)9;1-5-10(6-2)12(14)9-13(15)11(7-3)8-4;/h10-15,17-22H,1-9H3;9-11,14H,5-8H2,1-4H3;/q-1;;/b;12-9-;. The number of aromatic nitrogens is 2. The van der Waals surface area contributed by atoms with Crippen molar-refractivity contribution in [2.75, 3.05) is 0 Å². The molecule has 0 unspecified atom stereocenters. The van der Waals surface area contributed by atoms with Gasteiger partial charge in [0.15, 0.2) is 5.78 Å². The topological polar surface area (TPSA) is 63.1 Å². The molecule has 0 aliphatic heterocycles. The summed E-state index contributed by atoms with van der Waals surface area (Å²) in [5.41, 5.74) is 9.84. The molecule has 0 fully saturated rings. The minimum Gasteiger partial charge on any atom is -0.512 e. The molecule has 1 radical (unpaired) electrons. The maximum absolute atomic E-state index is 11.7. The maximum atomic E-state index is 11.7. The first kappa shape index (κ1) is 45.2. The third-order valence-electron chi connectivity index (χ3n) is 10.6. The molecule has 0 aliphatic rings. The van der Waals surface area contributed by atoms with Crippen LogP contribution in [0.1, 0.15) is 156 Å². The van der Waals surface area contributed by atoms with E-state index in [-0.39, 0.29) is 48.9 Å². The van der Waals surface area contributed by atoms with Crippen LogP contribution in [-0.2, 0) is 30.3 Å². The zero-order valence-corrected chi connectivity index (χ0v) is 38.2. The number of carbonyl (C=O) groups is 1. The van der Waals surface area contributed by atoms with E-state index in [1.165, 1.54) is 39.3 Å². The number of fused-ring (bicyclic) bond motifs is 2. The molecule has 0 spiro atoms. The summed E-state index contributed by atoms with van der Waals surface area (Å²) < 4.78 is 1.13. The van der Waals surface area contributed by atoms with Gasteiger partial charge < -0.3 is 5.11 Å². The molecule has 1 N–H and O–H groups in total. The zero-order valence-electron chi connectivity index (χ0n) is 35.0. The van der Waals surface area contributed by atoms with E-state index in [4.69, 9.17) is 9.97 Å². The van der Waals surface area contributed by atoms with Gasteiger partial charge in [0.1, 0.15) is 5.01 Å². The average Bonchev–Trinajstić information content (AvgIpc) is 3.55. The summed E-state index contributed by atoms with van der Waals surface area (Å²) >= 11 is 1.77. The van der Waals surface area contributed by atoms with E-state index < -0.39 is 0 Å². The third kappa shape index (κ3) is 10.4. The molecule has 5 rings (SSSR count). The quantitative estimate of drug-likeness (QED) is 0.0769. The van der Waals surface area contributed by atoms with Gasteiger partial charge in [-0.05, 0) is 71.6 Å². The first-order valence-corrected chi connectivity index (χ1v) is 20.7. The number of hydrogen-bond donors (Lipinski definition) is 1. The summed E-state index contributed by atoms with van der Waals surface area (Å²) in [5, 5.41) is 13.2. The number of pyridine rings is 1. The second-order valence-corrected chi connectivity index (χ2v) is 17.5. The fourth-order valence-corrected chi connectivity index (χ4v) is 8.27. The van der Waals surface area contributed by atoms with E-state index in [9.17, 15) is 9.90 Å². The number of ketones is 1. The van der Waals surface area contributed by atoms with Crippen LogP contribution in [0.5, 0.6) is 0 Å². The van der Waals surface area contributed by atoms with E-state index in [1.807, 2.05) is 33.9 Å². The van der Waals surface area contributed by atoms with Crippen molar-refractivity contribution in [1.29, 1.82) is 0 Å². The first-order chi connectivity index (χ1) is 25.1. The average molecular weight is 924 g/mol. The predicted octanol–water partition coefficient (Wildman–Crippen LogP) is 14.5. The van der Waals surface area contributed by atoms with E-state index in [0.29, 0.717) is 17.8 Å². The number of hydrogen-bond acceptors (Lipinski definition) is 5. The van der Waals surface area contributed by atoms with Crippen molar-refractivity contribution in [3.8, 4) is 21.8 Å². The van der Waals surface area contributed by atoms with E-state index >= 15 is 0 Å². The number of aliphatic hydroxyl groups is 1. The molecule has 2 aromatic heterocycles. The van der Waals surface area contributed by atoms with Gasteiger partial charge in [-0.25, -0.2) is 4.98 Å². The maximum Gasteiger partial charge on any atom is 0.162 e. The monoisotopic (exact) mass is 924 g/mol. The van der Waals surface area contributed by atoms with Gasteiger partial charge in [-0.2, -0.15) is 0 Å². The molecular weight excluding hydrogens is 861 g/mol. The smallest absolute Gasteiger partial charge is 0.162 e. The van der Waals surface area contributed by atoms with Crippen molar-refractivity contribution in [1.82, 2.24) is 9.97 Å². The van der Waals surface area contributed by atoms with Gasteiger partial charge in [0.2, 0.25) is 0 Å². The summed E-state index contributed by atoms with van der Waals surface area (Å²) in [5.74, 6) is 1.86. The van der Waals surface area contributed by atoms with Crippen LogP contribution < -0.4 is 0 Å². The van der Waals surface area contributed by atoms with Crippen molar-refractivity contribution in [2.45, 2.75) is 139 Å². The van der Waals surface area contributed by atoms with Crippen molar-refractivity contribution in [2.24, 2.45) is 11.8 Å². The summed E-state index contributed by atoms with van der Waals surface area (Å²) in [6.07, 6.45) is 6.80. The Morgan fingerprint density at radius 2 is 1.41 bits per heavy atom. The Kier molecular flexibility index (Phi) is 16.4. The van der Waals surface area contributed by atoms with Gasteiger partial charge in [-0.1, -0.05) is 131 Å². The summed E-state index contributed by atoms with van der Waals surface area (Å²) in [6, 6.07) is 21.4. The molecule has 0 saturated heterocycles. The Bertz CT molecular complexity index is 2010. The number of carbonyl (C=O) groups excluding carboxylic acids is 1. The second-order valence-electron chi connectivity index (χ2n) is 16.5. The number of rotatable bonds is 12. The Balaban J connectivity index is 0.000000418. The van der Waals surface area contributed by atoms with Gasteiger partial charge in [-0.15, -0.1) is 40.5 Å². The molecule has 4 nitrogen and oxygen atoms in total. The number of aliphatic hydroxyl groups excluding tert-OH is 1. The zero-order chi connectivity index (χ0) is 39.2. The number of allylic oxidation sites excluding steroid dienone is 2. The van der Waals surface area contributed by atoms with Crippen molar-refractivity contribution >= 4 is 38.1 Å². The molecule has 54 heavy (non-hydrogen) atoms. The molecule has 0 aliphatic carbocycles. The molecule has 293 valence electrons. The van der Waals surface area contributed by atoms with Crippen molar-refractivity contribution < 1.29 is 30.0 Å². The van der Waals surface area contributed by atoms with Crippen LogP contribution in [0.2, 0.25) is 0 Å². The number of thiazole rings is 1. The van der Waals surface area contributed by atoms with Crippen LogP contribution in [0.15, 0.2) is 66.6 Å². The molecule has 0 bridgehead atoms. The molecule has 0 saturated carbocycles. The van der Waals surface area contributed by atoms with Gasteiger partial charge in [0.05, 0.1) is 11.3 Å². The Morgan fingerprint density at radius 3 is 1.93 bits per heavy atom. The van der Waals surface area contributed by atoms with E-state index in [0.717, 1.165) is 57.6 Å². The largest absolute Gasteiger partial charge is 0.512 e. The molecule has 3 aromatic carbocycles. The molecule has 0 amide bonds. The Morgan fingerprint density at radius 1 is 0.833 bits per heavy atom.